The Kier molecular flexibility index (Phi) is 6.40. The summed E-state index contributed by atoms with van der Waals surface area (Å²) in [4.78, 5) is 2.47. The van der Waals surface area contributed by atoms with Crippen molar-refractivity contribution in [1.82, 2.24) is 4.90 Å². The van der Waals surface area contributed by atoms with Crippen LogP contribution in [0.3, 0.4) is 0 Å². The van der Waals surface area contributed by atoms with E-state index in [9.17, 15) is 0 Å². The first-order valence-corrected chi connectivity index (χ1v) is 5.65. The summed E-state index contributed by atoms with van der Waals surface area (Å²) in [6, 6.07) is 0. The quantitative estimate of drug-likeness (QED) is 0.614. The summed E-state index contributed by atoms with van der Waals surface area (Å²) in [5.41, 5.74) is 0. The smallest absolute Gasteiger partial charge is 0.000652 e. The van der Waals surface area contributed by atoms with E-state index in [1.807, 2.05) is 0 Å². The van der Waals surface area contributed by atoms with E-state index in [4.69, 9.17) is 0 Å². The van der Waals surface area contributed by atoms with Gasteiger partial charge in [0.1, 0.15) is 0 Å². The lowest BCUT2D eigenvalue weighted by Gasteiger charge is -2.25. The van der Waals surface area contributed by atoms with Gasteiger partial charge in [-0.1, -0.05) is 41.0 Å². The summed E-state index contributed by atoms with van der Waals surface area (Å²) in [6.45, 7) is 14.0. The molecule has 1 nitrogen and oxygen atoms in total. The van der Waals surface area contributed by atoms with Crippen LogP contribution in [0.15, 0.2) is 0 Å². The van der Waals surface area contributed by atoms with Crippen LogP contribution in [0.4, 0.5) is 0 Å². The lowest BCUT2D eigenvalue weighted by molar-refractivity contribution is 0.222. The first-order valence-electron chi connectivity index (χ1n) is 5.65. The molecule has 0 spiro atoms. The topological polar surface area (TPSA) is 3.24 Å². The molecule has 0 aliphatic rings. The van der Waals surface area contributed by atoms with Crippen molar-refractivity contribution in [3.05, 3.63) is 0 Å². The molecule has 0 heterocycles. The molecule has 1 heteroatoms. The van der Waals surface area contributed by atoms with Crippen LogP contribution in [-0.2, 0) is 0 Å². The number of rotatable bonds is 6. The van der Waals surface area contributed by atoms with Gasteiger partial charge in [0.05, 0.1) is 0 Å². The fraction of sp³-hybridized carbons (Fsp3) is 1.00. The molecule has 2 atom stereocenters. The van der Waals surface area contributed by atoms with Gasteiger partial charge in [0.25, 0.3) is 0 Å². The Morgan fingerprint density at radius 3 is 1.92 bits per heavy atom. The van der Waals surface area contributed by atoms with Crippen molar-refractivity contribution in [2.75, 3.05) is 20.1 Å². The molecule has 0 radical (unpaired) electrons. The second kappa shape index (κ2) is 6.42. The Morgan fingerprint density at radius 2 is 1.54 bits per heavy atom. The first kappa shape index (κ1) is 13.0. The fourth-order valence-corrected chi connectivity index (χ4v) is 1.44. The van der Waals surface area contributed by atoms with Crippen molar-refractivity contribution in [3.63, 3.8) is 0 Å². The van der Waals surface area contributed by atoms with Crippen LogP contribution in [0.25, 0.3) is 0 Å². The van der Waals surface area contributed by atoms with Crippen molar-refractivity contribution in [2.24, 2.45) is 17.8 Å². The Labute approximate surface area is 84.5 Å². The van der Waals surface area contributed by atoms with Crippen molar-refractivity contribution < 1.29 is 0 Å². The third-order valence-corrected chi connectivity index (χ3v) is 3.06. The van der Waals surface area contributed by atoms with Crippen LogP contribution in [0.2, 0.25) is 0 Å². The maximum atomic E-state index is 2.47. The standard InChI is InChI=1S/C12H27N/c1-7-11(4)8-13(6)9-12(5)10(2)3/h10-12H,7-9H2,1-6H3. The summed E-state index contributed by atoms with van der Waals surface area (Å²) < 4.78 is 0. The third kappa shape index (κ3) is 6.09. The van der Waals surface area contributed by atoms with E-state index in [0.717, 1.165) is 17.8 Å². The zero-order chi connectivity index (χ0) is 10.4. The van der Waals surface area contributed by atoms with Crippen LogP contribution < -0.4 is 0 Å². The maximum Gasteiger partial charge on any atom is 0.000652 e. The fourth-order valence-electron chi connectivity index (χ4n) is 1.44. The molecule has 13 heavy (non-hydrogen) atoms. The molecule has 0 saturated carbocycles. The summed E-state index contributed by atoms with van der Waals surface area (Å²) in [5.74, 6) is 2.46. The van der Waals surface area contributed by atoms with E-state index in [1.165, 1.54) is 19.5 Å². The van der Waals surface area contributed by atoms with E-state index in [1.54, 1.807) is 0 Å². The number of hydrogen-bond donors (Lipinski definition) is 0. The average molecular weight is 185 g/mol. The van der Waals surface area contributed by atoms with Gasteiger partial charge in [0.15, 0.2) is 0 Å². The number of hydrogen-bond acceptors (Lipinski definition) is 1. The first-order chi connectivity index (χ1) is 5.97. The maximum absolute atomic E-state index is 2.47. The van der Waals surface area contributed by atoms with Crippen LogP contribution in [0.5, 0.6) is 0 Å². The van der Waals surface area contributed by atoms with E-state index < -0.39 is 0 Å². The van der Waals surface area contributed by atoms with Gasteiger partial charge in [0.2, 0.25) is 0 Å². The highest BCUT2D eigenvalue weighted by atomic mass is 15.1. The molecule has 0 amide bonds. The highest BCUT2D eigenvalue weighted by Crippen LogP contribution is 2.12. The highest BCUT2D eigenvalue weighted by Gasteiger charge is 2.11. The molecule has 0 aliphatic heterocycles. The molecule has 80 valence electrons. The van der Waals surface area contributed by atoms with Gasteiger partial charge in [-0.25, -0.2) is 0 Å². The molecule has 0 aromatic carbocycles. The predicted molar refractivity (Wildman–Crippen MR) is 61.0 cm³/mol. The van der Waals surface area contributed by atoms with Gasteiger partial charge < -0.3 is 4.90 Å². The Morgan fingerprint density at radius 1 is 1.00 bits per heavy atom. The van der Waals surface area contributed by atoms with Crippen molar-refractivity contribution in [1.29, 1.82) is 0 Å². The van der Waals surface area contributed by atoms with E-state index in [2.05, 4.69) is 46.6 Å². The minimum absolute atomic E-state index is 0.805. The van der Waals surface area contributed by atoms with Gasteiger partial charge in [-0.15, -0.1) is 0 Å². The third-order valence-electron chi connectivity index (χ3n) is 3.06. The van der Waals surface area contributed by atoms with Crippen LogP contribution in [-0.4, -0.2) is 25.0 Å². The zero-order valence-electron chi connectivity index (χ0n) is 10.3. The second-order valence-corrected chi connectivity index (χ2v) is 4.96. The average Bonchev–Trinajstić information content (AvgIpc) is 2.03. The molecular formula is C12H27N. The summed E-state index contributed by atoms with van der Waals surface area (Å²) in [6.07, 6.45) is 1.29. The van der Waals surface area contributed by atoms with Gasteiger partial charge in [-0.2, -0.15) is 0 Å². The van der Waals surface area contributed by atoms with E-state index in [0.29, 0.717) is 0 Å². The van der Waals surface area contributed by atoms with E-state index >= 15 is 0 Å². The molecule has 0 aromatic heterocycles. The van der Waals surface area contributed by atoms with Gasteiger partial charge >= 0.3 is 0 Å². The molecule has 0 rings (SSSR count). The second-order valence-electron chi connectivity index (χ2n) is 4.96. The number of nitrogens with zero attached hydrogens (tertiary/aromatic N) is 1. The Bertz CT molecular complexity index is 120. The summed E-state index contributed by atoms with van der Waals surface area (Å²) in [5, 5.41) is 0. The largest absolute Gasteiger partial charge is 0.306 e. The molecule has 0 aromatic rings. The van der Waals surface area contributed by atoms with Crippen LogP contribution >= 0.6 is 0 Å². The molecule has 0 fully saturated rings. The Balaban J connectivity index is 3.67. The lowest BCUT2D eigenvalue weighted by Crippen LogP contribution is -2.30. The van der Waals surface area contributed by atoms with Crippen molar-refractivity contribution in [2.45, 2.75) is 41.0 Å². The van der Waals surface area contributed by atoms with Gasteiger partial charge in [-0.05, 0) is 24.8 Å². The van der Waals surface area contributed by atoms with Crippen LogP contribution in [0, 0.1) is 17.8 Å². The summed E-state index contributed by atoms with van der Waals surface area (Å²) >= 11 is 0. The zero-order valence-corrected chi connectivity index (χ0v) is 10.3. The molecule has 2 unspecified atom stereocenters. The Hall–Kier alpha value is -0.0400. The van der Waals surface area contributed by atoms with Crippen molar-refractivity contribution >= 4 is 0 Å². The molecule has 0 saturated heterocycles. The molecular weight excluding hydrogens is 158 g/mol. The molecule has 0 aliphatic carbocycles. The predicted octanol–water partition coefficient (Wildman–Crippen LogP) is 3.26. The molecule has 0 bridgehead atoms. The monoisotopic (exact) mass is 185 g/mol. The normalized spacial score (nSPS) is 16.6. The minimum atomic E-state index is 0.805. The SMILES string of the molecule is CCC(C)CN(C)CC(C)C(C)C. The minimum Gasteiger partial charge on any atom is -0.306 e. The van der Waals surface area contributed by atoms with E-state index in [-0.39, 0.29) is 0 Å². The van der Waals surface area contributed by atoms with Gasteiger partial charge in [0, 0.05) is 13.1 Å². The molecule has 0 N–H and O–H groups in total. The van der Waals surface area contributed by atoms with Gasteiger partial charge in [-0.3, -0.25) is 0 Å². The summed E-state index contributed by atoms with van der Waals surface area (Å²) in [7, 11) is 2.24. The van der Waals surface area contributed by atoms with Crippen molar-refractivity contribution in [3.8, 4) is 0 Å². The lowest BCUT2D eigenvalue weighted by atomic mass is 9.97. The highest BCUT2D eigenvalue weighted by molar-refractivity contribution is 4.64. The van der Waals surface area contributed by atoms with Crippen LogP contribution in [0.1, 0.15) is 41.0 Å².